The molecule has 1 fully saturated rings. The van der Waals surface area contributed by atoms with Gasteiger partial charge >= 0.3 is 0 Å². The maximum absolute atomic E-state index is 5.98. The number of methoxy groups -OCH3 is 1. The molecule has 1 aromatic rings. The summed E-state index contributed by atoms with van der Waals surface area (Å²) in [5.41, 5.74) is 10.3. The van der Waals surface area contributed by atoms with Crippen molar-refractivity contribution in [1.82, 2.24) is 15.4 Å². The van der Waals surface area contributed by atoms with Crippen molar-refractivity contribution in [2.24, 2.45) is 15.8 Å². The smallest absolute Gasteiger partial charge is 0.145 e. The van der Waals surface area contributed by atoms with Crippen LogP contribution in [0, 0.1) is 0 Å². The van der Waals surface area contributed by atoms with Crippen molar-refractivity contribution in [1.29, 1.82) is 0 Å². The van der Waals surface area contributed by atoms with Gasteiger partial charge in [-0.15, -0.1) is 0 Å². The zero-order chi connectivity index (χ0) is 13.8. The van der Waals surface area contributed by atoms with Crippen molar-refractivity contribution in [3.05, 3.63) is 23.5 Å². The second kappa shape index (κ2) is 5.72. The summed E-state index contributed by atoms with van der Waals surface area (Å²) in [5.74, 6) is 6.33. The fraction of sp³-hybridized carbons (Fsp3) is 0.455. The number of nitrogens with zero attached hydrogens (tertiary/aromatic N) is 3. The third-order valence-corrected chi connectivity index (χ3v) is 3.02. The van der Waals surface area contributed by atoms with E-state index in [1.54, 1.807) is 7.11 Å². The Hall–Kier alpha value is -2.06. The van der Waals surface area contributed by atoms with Gasteiger partial charge in [0.25, 0.3) is 0 Å². The fourth-order valence-electron chi connectivity index (χ4n) is 1.90. The first-order valence-corrected chi connectivity index (χ1v) is 5.90. The zero-order valence-corrected chi connectivity index (χ0v) is 10.8. The van der Waals surface area contributed by atoms with Crippen molar-refractivity contribution in [3.63, 3.8) is 0 Å². The van der Waals surface area contributed by atoms with Crippen LogP contribution in [0.15, 0.2) is 22.2 Å². The highest BCUT2D eigenvalue weighted by molar-refractivity contribution is 5.96. The minimum atomic E-state index is -0.0318. The molecule has 6 N–H and O–H groups in total. The Morgan fingerprint density at radius 2 is 2.47 bits per heavy atom. The summed E-state index contributed by atoms with van der Waals surface area (Å²) >= 11 is 0. The average molecular weight is 265 g/mol. The van der Waals surface area contributed by atoms with Crippen LogP contribution in [0.4, 0.5) is 0 Å². The van der Waals surface area contributed by atoms with E-state index in [9.17, 15) is 0 Å². The fourth-order valence-corrected chi connectivity index (χ4v) is 1.90. The highest BCUT2D eigenvalue weighted by atomic mass is 16.5. The molecule has 1 aromatic heterocycles. The number of aromatic nitrogens is 1. The Balaban J connectivity index is 2.10. The molecule has 1 aliphatic heterocycles. The van der Waals surface area contributed by atoms with Crippen LogP contribution in [0.1, 0.15) is 11.4 Å². The van der Waals surface area contributed by atoms with Gasteiger partial charge < -0.3 is 16.3 Å². The molecule has 0 spiro atoms. The Kier molecular flexibility index (Phi) is 4.03. The molecule has 104 valence electrons. The van der Waals surface area contributed by atoms with Gasteiger partial charge in [-0.2, -0.15) is 5.10 Å². The van der Waals surface area contributed by atoms with Gasteiger partial charge in [-0.3, -0.25) is 20.4 Å². The first kappa shape index (κ1) is 13.4. The number of nitrogen functional groups attached to an aromatic ring is 1. The quantitative estimate of drug-likeness (QED) is 0.217. The lowest BCUT2D eigenvalue weighted by Gasteiger charge is -2.34. The second-order valence-corrected chi connectivity index (χ2v) is 4.27. The second-order valence-electron chi connectivity index (χ2n) is 4.27. The van der Waals surface area contributed by atoms with Gasteiger partial charge in [0.1, 0.15) is 17.7 Å². The van der Waals surface area contributed by atoms with Crippen molar-refractivity contribution >= 4 is 12.6 Å². The molecule has 2 atom stereocenters. The van der Waals surface area contributed by atoms with Gasteiger partial charge in [0.15, 0.2) is 0 Å². The molecular weight excluding hydrogens is 246 g/mol. The average Bonchev–Trinajstić information content (AvgIpc) is 2.74. The van der Waals surface area contributed by atoms with E-state index in [4.69, 9.17) is 16.3 Å². The van der Waals surface area contributed by atoms with E-state index in [2.05, 4.69) is 27.6 Å². The number of nitrogens with one attached hydrogen (secondary N) is 2. The summed E-state index contributed by atoms with van der Waals surface area (Å²) < 4.78 is 6.53. The third-order valence-electron chi connectivity index (χ3n) is 3.02. The summed E-state index contributed by atoms with van der Waals surface area (Å²) in [4.78, 5) is 4.43. The first-order valence-electron chi connectivity index (χ1n) is 5.90. The van der Waals surface area contributed by atoms with Crippen LogP contribution in [0.5, 0.6) is 0 Å². The lowest BCUT2D eigenvalue weighted by molar-refractivity contribution is 0.179. The third kappa shape index (κ3) is 2.69. The minimum absolute atomic E-state index is 0.0197. The number of nitrogens with two attached hydrogens (primary N) is 2. The Morgan fingerprint density at radius 3 is 3.05 bits per heavy atom. The lowest BCUT2D eigenvalue weighted by atomic mass is 10.1. The van der Waals surface area contributed by atoms with E-state index in [0.29, 0.717) is 18.1 Å². The topological polar surface area (TPSA) is 115 Å². The van der Waals surface area contributed by atoms with E-state index < -0.39 is 0 Å². The maximum Gasteiger partial charge on any atom is 0.145 e. The summed E-state index contributed by atoms with van der Waals surface area (Å²) in [5, 5.41) is 6.74. The van der Waals surface area contributed by atoms with Crippen LogP contribution in [0.3, 0.4) is 0 Å². The highest BCUT2D eigenvalue weighted by Gasteiger charge is 2.30. The highest BCUT2D eigenvalue weighted by Crippen LogP contribution is 2.10. The van der Waals surface area contributed by atoms with Crippen molar-refractivity contribution in [2.75, 3.05) is 19.5 Å². The number of hydrogen-bond donors (Lipinski definition) is 4. The normalized spacial score (nSPS) is 22.9. The molecular formula is C11H19N7O. The molecule has 0 saturated carbocycles. The molecule has 1 unspecified atom stereocenters. The number of aliphatic imine (C=N–C) groups is 1. The van der Waals surface area contributed by atoms with Crippen LogP contribution in [0.2, 0.25) is 0 Å². The Bertz CT molecular complexity index is 481. The van der Waals surface area contributed by atoms with E-state index in [0.717, 1.165) is 12.2 Å². The lowest BCUT2D eigenvalue weighted by Crippen LogP contribution is -2.62. The molecule has 2 rings (SSSR count). The van der Waals surface area contributed by atoms with Crippen LogP contribution in [-0.4, -0.2) is 43.1 Å². The number of hydrazone groups is 1. The largest absolute Gasteiger partial charge is 0.382 e. The van der Waals surface area contributed by atoms with Gasteiger partial charge in [-0.1, -0.05) is 0 Å². The molecule has 8 heteroatoms. The van der Waals surface area contributed by atoms with Gasteiger partial charge in [-0.25, -0.2) is 0 Å². The maximum atomic E-state index is 5.98. The molecule has 0 amide bonds. The van der Waals surface area contributed by atoms with E-state index in [1.807, 2.05) is 12.1 Å². The number of hydrogen-bond acceptors (Lipinski definition) is 6. The molecule has 0 bridgehead atoms. The summed E-state index contributed by atoms with van der Waals surface area (Å²) in [6.45, 7) is 4.54. The van der Waals surface area contributed by atoms with Crippen LogP contribution >= 0.6 is 0 Å². The SMILES string of the molecule is C=NNC1NC[C@@H]1/N=C(/N)c1ccc(COC)n1N. The molecule has 0 aliphatic carbocycles. The first-order chi connectivity index (χ1) is 9.17. The molecule has 8 nitrogen and oxygen atoms in total. The molecule has 1 saturated heterocycles. The summed E-state index contributed by atoms with van der Waals surface area (Å²) in [7, 11) is 1.61. The predicted octanol–water partition coefficient (Wildman–Crippen LogP) is -1.44. The number of amidine groups is 1. The van der Waals surface area contributed by atoms with Crippen LogP contribution in [-0.2, 0) is 11.3 Å². The van der Waals surface area contributed by atoms with Crippen molar-refractivity contribution in [3.8, 4) is 0 Å². The van der Waals surface area contributed by atoms with Crippen molar-refractivity contribution < 1.29 is 4.74 Å². The summed E-state index contributed by atoms with van der Waals surface area (Å²) in [6.07, 6.45) is -0.0318. The molecule has 0 aromatic carbocycles. The number of ether oxygens (including phenoxy) is 1. The van der Waals surface area contributed by atoms with E-state index in [-0.39, 0.29) is 12.2 Å². The van der Waals surface area contributed by atoms with Gasteiger partial charge in [-0.05, 0) is 12.1 Å². The summed E-state index contributed by atoms with van der Waals surface area (Å²) in [6, 6.07) is 3.71. The Morgan fingerprint density at radius 1 is 1.68 bits per heavy atom. The molecule has 2 heterocycles. The number of rotatable bonds is 6. The zero-order valence-electron chi connectivity index (χ0n) is 10.8. The Labute approximate surface area is 111 Å². The van der Waals surface area contributed by atoms with Gasteiger partial charge in [0.2, 0.25) is 0 Å². The minimum Gasteiger partial charge on any atom is -0.382 e. The van der Waals surface area contributed by atoms with Crippen LogP contribution < -0.4 is 22.3 Å². The van der Waals surface area contributed by atoms with E-state index >= 15 is 0 Å². The molecule has 0 radical (unpaired) electrons. The van der Waals surface area contributed by atoms with Gasteiger partial charge in [0.05, 0.1) is 18.3 Å². The molecule has 19 heavy (non-hydrogen) atoms. The van der Waals surface area contributed by atoms with Crippen LogP contribution in [0.25, 0.3) is 0 Å². The molecule has 1 aliphatic rings. The van der Waals surface area contributed by atoms with Crippen molar-refractivity contribution in [2.45, 2.75) is 18.8 Å². The monoisotopic (exact) mass is 265 g/mol. The standard InChI is InChI=1S/C11H19N7O/c1-14-17-11-8(5-15-11)16-10(12)9-4-3-7(6-19-2)18(9)13/h3-4,8,11,15,17H,1,5-6,13H2,2H3,(H2,12,16)/t8-,11?/m0/s1. The van der Waals surface area contributed by atoms with E-state index in [1.165, 1.54) is 4.68 Å². The van der Waals surface area contributed by atoms with Gasteiger partial charge in [0, 0.05) is 20.4 Å². The predicted molar refractivity (Wildman–Crippen MR) is 74.3 cm³/mol.